The van der Waals surface area contributed by atoms with Gasteiger partial charge in [-0.2, -0.15) is 0 Å². The Morgan fingerprint density at radius 1 is 0.529 bits per heavy atom. The Kier molecular flexibility index (Phi) is 6.75. The summed E-state index contributed by atoms with van der Waals surface area (Å²) in [6.45, 7) is 0.493. The molecule has 0 spiro atoms. The third kappa shape index (κ3) is 5.22. The molecule has 0 radical (unpaired) electrons. The van der Waals surface area contributed by atoms with Gasteiger partial charge in [0.05, 0.1) is 11.1 Å². The van der Waals surface area contributed by atoms with E-state index in [9.17, 15) is 9.59 Å². The number of hydrogen-bond donors (Lipinski definition) is 0. The second kappa shape index (κ2) is 10.3. The van der Waals surface area contributed by atoms with Crippen molar-refractivity contribution in [1.82, 2.24) is 0 Å². The van der Waals surface area contributed by atoms with Crippen LogP contribution in [0.25, 0.3) is 0 Å². The van der Waals surface area contributed by atoms with Crippen LogP contribution in [0.2, 0.25) is 0 Å². The van der Waals surface area contributed by atoms with Gasteiger partial charge in [-0.1, -0.05) is 36.4 Å². The molecule has 0 bridgehead atoms. The Labute approximate surface area is 200 Å². The fraction of sp³-hybridized carbons (Fsp3) is 0.333. The van der Waals surface area contributed by atoms with Crippen LogP contribution in [0.5, 0.6) is 0 Å². The van der Waals surface area contributed by atoms with E-state index >= 15 is 0 Å². The number of benzene rings is 3. The highest BCUT2D eigenvalue weighted by atomic mass is 16.5. The molecule has 0 atom stereocenters. The Hall–Kier alpha value is -3.40. The van der Waals surface area contributed by atoms with E-state index < -0.39 is 11.9 Å². The van der Waals surface area contributed by atoms with Crippen molar-refractivity contribution >= 4 is 11.9 Å². The van der Waals surface area contributed by atoms with Gasteiger partial charge in [0.1, 0.15) is 13.2 Å². The molecule has 4 nitrogen and oxygen atoms in total. The third-order valence-corrected chi connectivity index (χ3v) is 6.92. The zero-order valence-electron chi connectivity index (χ0n) is 19.5. The lowest BCUT2D eigenvalue weighted by Crippen LogP contribution is -2.09. The lowest BCUT2D eigenvalue weighted by atomic mass is 9.90. The number of esters is 2. The Morgan fingerprint density at radius 3 is 1.32 bits per heavy atom. The van der Waals surface area contributed by atoms with Crippen LogP contribution < -0.4 is 0 Å². The van der Waals surface area contributed by atoms with E-state index in [0.717, 1.165) is 36.8 Å². The van der Waals surface area contributed by atoms with Crippen LogP contribution in [0.1, 0.15) is 79.8 Å². The normalized spacial score (nSPS) is 14.6. The van der Waals surface area contributed by atoms with E-state index in [4.69, 9.17) is 9.47 Å². The Balaban J connectivity index is 1.14. The third-order valence-electron chi connectivity index (χ3n) is 6.92. The van der Waals surface area contributed by atoms with Gasteiger partial charge in [-0.25, -0.2) is 9.59 Å². The zero-order chi connectivity index (χ0) is 23.3. The molecule has 0 aliphatic heterocycles. The number of fused-ring (bicyclic) bond motifs is 2. The van der Waals surface area contributed by atoms with Gasteiger partial charge in [0.2, 0.25) is 0 Å². The molecule has 0 fully saturated rings. The van der Waals surface area contributed by atoms with Crippen molar-refractivity contribution in [2.45, 2.75) is 64.6 Å². The van der Waals surface area contributed by atoms with Crippen LogP contribution in [0.4, 0.5) is 0 Å². The molecule has 2 aliphatic rings. The minimum Gasteiger partial charge on any atom is -0.457 e. The van der Waals surface area contributed by atoms with Gasteiger partial charge in [-0.15, -0.1) is 0 Å². The minimum absolute atomic E-state index is 0.247. The van der Waals surface area contributed by atoms with Gasteiger partial charge in [-0.05, 0) is 109 Å². The molecule has 0 unspecified atom stereocenters. The van der Waals surface area contributed by atoms with Crippen molar-refractivity contribution in [3.63, 3.8) is 0 Å². The van der Waals surface area contributed by atoms with Gasteiger partial charge < -0.3 is 9.47 Å². The summed E-state index contributed by atoms with van der Waals surface area (Å²) >= 11 is 0. The number of carbonyl (C=O) groups is 2. The maximum atomic E-state index is 12.5. The first-order valence-corrected chi connectivity index (χ1v) is 12.3. The number of ether oxygens (including phenoxy) is 2. The van der Waals surface area contributed by atoms with Gasteiger partial charge >= 0.3 is 11.9 Å². The molecule has 0 heterocycles. The molecule has 5 rings (SSSR count). The number of aryl methyl sites for hydroxylation is 4. The molecule has 0 amide bonds. The second-order valence-electron chi connectivity index (χ2n) is 9.35. The lowest BCUT2D eigenvalue weighted by molar-refractivity contribution is 0.0458. The van der Waals surface area contributed by atoms with Gasteiger partial charge in [-0.3, -0.25) is 0 Å². The molecule has 0 saturated heterocycles. The topological polar surface area (TPSA) is 52.6 Å². The first-order chi connectivity index (χ1) is 16.7. The highest BCUT2D eigenvalue weighted by Crippen LogP contribution is 2.24. The summed E-state index contributed by atoms with van der Waals surface area (Å²) in [5.74, 6) is -0.793. The van der Waals surface area contributed by atoms with Gasteiger partial charge in [0.25, 0.3) is 0 Å². The van der Waals surface area contributed by atoms with E-state index in [2.05, 4.69) is 24.3 Å². The molecular formula is C30H30O4. The average Bonchev–Trinajstić information content (AvgIpc) is 2.90. The summed E-state index contributed by atoms with van der Waals surface area (Å²) in [6.07, 6.45) is 9.41. The smallest absolute Gasteiger partial charge is 0.338 e. The van der Waals surface area contributed by atoms with Gasteiger partial charge in [0, 0.05) is 0 Å². The maximum absolute atomic E-state index is 12.5. The molecule has 34 heavy (non-hydrogen) atoms. The van der Waals surface area contributed by atoms with E-state index in [1.807, 2.05) is 12.1 Å². The largest absolute Gasteiger partial charge is 0.457 e. The van der Waals surface area contributed by atoms with Crippen molar-refractivity contribution in [3.8, 4) is 0 Å². The van der Waals surface area contributed by atoms with E-state index in [-0.39, 0.29) is 13.2 Å². The Morgan fingerprint density at radius 2 is 0.912 bits per heavy atom. The lowest BCUT2D eigenvalue weighted by Gasteiger charge is -2.16. The second-order valence-corrected chi connectivity index (χ2v) is 9.35. The van der Waals surface area contributed by atoms with Crippen LogP contribution in [-0.4, -0.2) is 11.9 Å². The van der Waals surface area contributed by atoms with Crippen molar-refractivity contribution < 1.29 is 19.1 Å². The predicted octanol–water partition coefficient (Wildman–Crippen LogP) is 6.16. The average molecular weight is 455 g/mol. The van der Waals surface area contributed by atoms with Crippen LogP contribution in [-0.2, 0) is 48.4 Å². The summed E-state index contributed by atoms with van der Waals surface area (Å²) in [6, 6.07) is 19.2. The number of carbonyl (C=O) groups excluding carboxylic acids is 2. The molecule has 3 aromatic rings. The van der Waals surface area contributed by atoms with Crippen molar-refractivity contribution in [1.29, 1.82) is 0 Å². The maximum Gasteiger partial charge on any atom is 0.338 e. The molecule has 4 heteroatoms. The van der Waals surface area contributed by atoms with Crippen molar-refractivity contribution in [2.24, 2.45) is 0 Å². The molecule has 0 N–H and O–H groups in total. The molecule has 174 valence electrons. The quantitative estimate of drug-likeness (QED) is 0.419. The minimum atomic E-state index is -0.397. The van der Waals surface area contributed by atoms with E-state index in [1.54, 1.807) is 24.3 Å². The molecule has 0 saturated carbocycles. The number of hydrogen-bond acceptors (Lipinski definition) is 4. The van der Waals surface area contributed by atoms with Crippen molar-refractivity contribution in [2.75, 3.05) is 0 Å². The summed E-state index contributed by atoms with van der Waals surface area (Å²) in [5.41, 5.74) is 8.43. The molecule has 2 aliphatic carbocycles. The van der Waals surface area contributed by atoms with E-state index in [0.29, 0.717) is 11.1 Å². The standard InChI is InChI=1S/C30H30O4/c31-29(33-19-21-9-11-23-5-1-3-7-27(23)17-21)25-13-15-26(16-14-25)30(32)34-20-22-10-12-24-6-2-4-8-28(24)18-22/h9-18H,1-8,19-20H2. The first-order valence-electron chi connectivity index (χ1n) is 12.3. The summed E-state index contributed by atoms with van der Waals surface area (Å²) in [5, 5.41) is 0. The Bertz CT molecular complexity index is 1100. The summed E-state index contributed by atoms with van der Waals surface area (Å²) < 4.78 is 11.0. The fourth-order valence-corrected chi connectivity index (χ4v) is 4.96. The highest BCUT2D eigenvalue weighted by molar-refractivity contribution is 5.93. The van der Waals surface area contributed by atoms with Crippen LogP contribution >= 0.6 is 0 Å². The van der Waals surface area contributed by atoms with Crippen molar-refractivity contribution in [3.05, 3.63) is 105 Å². The van der Waals surface area contributed by atoms with Crippen LogP contribution in [0.15, 0.2) is 60.7 Å². The highest BCUT2D eigenvalue weighted by Gasteiger charge is 2.14. The van der Waals surface area contributed by atoms with E-state index in [1.165, 1.54) is 47.9 Å². The molecule has 0 aromatic heterocycles. The fourth-order valence-electron chi connectivity index (χ4n) is 4.96. The SMILES string of the molecule is O=C(OCc1ccc2c(c1)CCCC2)c1ccc(C(=O)OCc2ccc3c(c2)CCCC3)cc1. The zero-order valence-corrected chi connectivity index (χ0v) is 19.5. The van der Waals surface area contributed by atoms with Crippen LogP contribution in [0, 0.1) is 0 Å². The molecular weight excluding hydrogens is 424 g/mol. The summed E-state index contributed by atoms with van der Waals surface area (Å²) in [7, 11) is 0. The first kappa shape index (κ1) is 22.4. The molecule has 3 aromatic carbocycles. The monoisotopic (exact) mass is 454 g/mol. The van der Waals surface area contributed by atoms with Gasteiger partial charge in [0.15, 0.2) is 0 Å². The summed E-state index contributed by atoms with van der Waals surface area (Å²) in [4.78, 5) is 25.0. The predicted molar refractivity (Wildman–Crippen MR) is 131 cm³/mol. The number of rotatable bonds is 6. The van der Waals surface area contributed by atoms with Crippen LogP contribution in [0.3, 0.4) is 0 Å².